The molecule has 1 N–H and O–H groups in total. The van der Waals surface area contributed by atoms with E-state index >= 15 is 0 Å². The predicted molar refractivity (Wildman–Crippen MR) is 163 cm³/mol. The van der Waals surface area contributed by atoms with Gasteiger partial charge in [0.1, 0.15) is 11.6 Å². The molecule has 1 aliphatic carbocycles. The number of ether oxygens (including phenoxy) is 1. The third-order valence-electron chi connectivity index (χ3n) is 8.62. The number of likely N-dealkylation sites (tertiary alicyclic amines) is 1. The van der Waals surface area contributed by atoms with Crippen molar-refractivity contribution >= 4 is 38.8 Å². The van der Waals surface area contributed by atoms with Crippen molar-refractivity contribution in [3.05, 3.63) is 106 Å². The standard InChI is InChI=1S/C33H32ClFN4O2/c1-37-11-9-26-30(8-7-27(34)31(26)32(37)40)41-25-15-33(16-25)20-38(21-33)12-10-36-29-14-24-19-39(18-23(24)13-28(29)35)17-22-5-3-2-4-6-22/h2-9,11,13-14,18-19,25,36H,10,12,15-17,20-21H2,1H3. The lowest BCUT2D eigenvalue weighted by Gasteiger charge is -2.58. The van der Waals surface area contributed by atoms with Crippen LogP contribution < -0.4 is 15.6 Å². The molecule has 0 unspecified atom stereocenters. The highest BCUT2D eigenvalue weighted by atomic mass is 35.5. The Morgan fingerprint density at radius 2 is 1.80 bits per heavy atom. The second kappa shape index (κ2) is 10.2. The van der Waals surface area contributed by atoms with Crippen molar-refractivity contribution in [1.82, 2.24) is 14.0 Å². The molecule has 0 amide bonds. The molecule has 0 radical (unpaired) electrons. The molecule has 3 heterocycles. The van der Waals surface area contributed by atoms with Crippen molar-refractivity contribution in [2.75, 3.05) is 31.5 Å². The summed E-state index contributed by atoms with van der Waals surface area (Å²) < 4.78 is 24.8. The summed E-state index contributed by atoms with van der Waals surface area (Å²) in [6.45, 7) is 4.37. The van der Waals surface area contributed by atoms with Gasteiger partial charge >= 0.3 is 0 Å². The minimum Gasteiger partial charge on any atom is -0.490 e. The molecular formula is C33H32ClFN4O2. The fourth-order valence-corrected chi connectivity index (χ4v) is 6.82. The van der Waals surface area contributed by atoms with Crippen molar-refractivity contribution in [2.45, 2.75) is 25.5 Å². The summed E-state index contributed by atoms with van der Waals surface area (Å²) in [5, 5.41) is 6.96. The summed E-state index contributed by atoms with van der Waals surface area (Å²) >= 11 is 6.33. The molecule has 2 aliphatic rings. The van der Waals surface area contributed by atoms with Crippen LogP contribution >= 0.6 is 11.6 Å². The number of halogens is 2. The van der Waals surface area contributed by atoms with Gasteiger partial charge in [0.2, 0.25) is 0 Å². The maximum atomic E-state index is 14.8. The van der Waals surface area contributed by atoms with E-state index in [1.807, 2.05) is 42.6 Å². The van der Waals surface area contributed by atoms with Gasteiger partial charge in [-0.15, -0.1) is 0 Å². The molecule has 1 saturated carbocycles. The van der Waals surface area contributed by atoms with Crippen LogP contribution in [0.5, 0.6) is 5.75 Å². The Balaban J connectivity index is 0.905. The third-order valence-corrected chi connectivity index (χ3v) is 8.94. The van der Waals surface area contributed by atoms with Gasteiger partial charge in [0.25, 0.3) is 5.56 Å². The van der Waals surface area contributed by atoms with Crippen molar-refractivity contribution in [3.8, 4) is 5.75 Å². The van der Waals surface area contributed by atoms with Crippen LogP contribution in [0.2, 0.25) is 5.02 Å². The molecule has 7 rings (SSSR count). The Labute approximate surface area is 242 Å². The van der Waals surface area contributed by atoms with Crippen LogP contribution in [0.1, 0.15) is 18.4 Å². The first-order valence-corrected chi connectivity index (χ1v) is 14.5. The molecule has 3 aromatic carbocycles. The van der Waals surface area contributed by atoms with Gasteiger partial charge in [-0.2, -0.15) is 0 Å². The van der Waals surface area contributed by atoms with Crippen LogP contribution in [-0.2, 0) is 13.6 Å². The highest BCUT2D eigenvalue weighted by Crippen LogP contribution is 2.50. The molecule has 1 aliphatic heterocycles. The monoisotopic (exact) mass is 570 g/mol. The fraction of sp³-hybridized carbons (Fsp3) is 0.303. The minimum absolute atomic E-state index is 0.118. The fourth-order valence-electron chi connectivity index (χ4n) is 6.57. The maximum Gasteiger partial charge on any atom is 0.259 e. The second-order valence-electron chi connectivity index (χ2n) is 11.7. The van der Waals surface area contributed by atoms with Gasteiger partial charge in [0.15, 0.2) is 0 Å². The Morgan fingerprint density at radius 3 is 2.59 bits per heavy atom. The number of aryl methyl sites for hydroxylation is 1. The van der Waals surface area contributed by atoms with Gasteiger partial charge in [-0.1, -0.05) is 41.9 Å². The molecule has 1 saturated heterocycles. The molecule has 2 fully saturated rings. The van der Waals surface area contributed by atoms with Gasteiger partial charge in [-0.25, -0.2) is 4.39 Å². The molecule has 5 aromatic rings. The maximum absolute atomic E-state index is 14.8. The zero-order chi connectivity index (χ0) is 28.1. The number of fused-ring (bicyclic) bond motifs is 2. The van der Waals surface area contributed by atoms with E-state index in [2.05, 4.69) is 33.1 Å². The highest BCUT2D eigenvalue weighted by Gasteiger charge is 2.53. The second-order valence-corrected chi connectivity index (χ2v) is 12.1. The van der Waals surface area contributed by atoms with Gasteiger partial charge in [-0.3, -0.25) is 4.79 Å². The molecule has 2 aromatic heterocycles. The topological polar surface area (TPSA) is 51.4 Å². The van der Waals surface area contributed by atoms with E-state index in [9.17, 15) is 9.18 Å². The number of benzene rings is 3. The van der Waals surface area contributed by atoms with Crippen molar-refractivity contribution in [3.63, 3.8) is 0 Å². The minimum atomic E-state index is -0.221. The van der Waals surface area contributed by atoms with Crippen LogP contribution in [0.15, 0.2) is 84.0 Å². The predicted octanol–water partition coefficient (Wildman–Crippen LogP) is 6.29. The molecule has 1 spiro atoms. The van der Waals surface area contributed by atoms with Crippen molar-refractivity contribution < 1.29 is 9.13 Å². The largest absolute Gasteiger partial charge is 0.490 e. The van der Waals surface area contributed by atoms with E-state index in [0.717, 1.165) is 60.9 Å². The van der Waals surface area contributed by atoms with E-state index in [1.54, 1.807) is 25.4 Å². The summed E-state index contributed by atoms with van der Waals surface area (Å²) in [5.74, 6) is 0.498. The van der Waals surface area contributed by atoms with E-state index < -0.39 is 0 Å². The van der Waals surface area contributed by atoms with Crippen LogP contribution in [0, 0.1) is 11.2 Å². The number of nitrogens with one attached hydrogen (secondary N) is 1. The molecule has 41 heavy (non-hydrogen) atoms. The molecule has 210 valence electrons. The van der Waals surface area contributed by atoms with Crippen LogP contribution in [0.4, 0.5) is 10.1 Å². The van der Waals surface area contributed by atoms with Crippen molar-refractivity contribution in [2.24, 2.45) is 12.5 Å². The number of nitrogens with zero attached hydrogens (tertiary/aromatic N) is 3. The Bertz CT molecular complexity index is 1800. The average Bonchev–Trinajstić information content (AvgIpc) is 3.30. The zero-order valence-electron chi connectivity index (χ0n) is 22.9. The number of anilines is 1. The first-order valence-electron chi connectivity index (χ1n) is 14.1. The first kappa shape index (κ1) is 26.1. The molecule has 0 atom stereocenters. The average molecular weight is 571 g/mol. The highest BCUT2D eigenvalue weighted by molar-refractivity contribution is 6.35. The first-order chi connectivity index (χ1) is 19.9. The quantitative estimate of drug-likeness (QED) is 0.238. The lowest BCUT2D eigenvalue weighted by atomic mass is 9.62. The van der Waals surface area contributed by atoms with E-state index in [1.165, 1.54) is 10.1 Å². The number of pyridine rings is 1. The Kier molecular flexibility index (Phi) is 6.51. The lowest BCUT2D eigenvalue weighted by Crippen LogP contribution is -2.65. The Morgan fingerprint density at radius 1 is 1.05 bits per heavy atom. The van der Waals surface area contributed by atoms with Gasteiger partial charge in [0, 0.05) is 79.9 Å². The smallest absolute Gasteiger partial charge is 0.259 e. The zero-order valence-corrected chi connectivity index (χ0v) is 23.7. The van der Waals surface area contributed by atoms with E-state index in [-0.39, 0.29) is 17.5 Å². The summed E-state index contributed by atoms with van der Waals surface area (Å²) in [6, 6.07) is 19.3. The number of hydrogen-bond donors (Lipinski definition) is 1. The number of rotatable bonds is 8. The molecule has 6 nitrogen and oxygen atoms in total. The molecule has 0 bridgehead atoms. The normalized spacial score (nSPS) is 16.7. The van der Waals surface area contributed by atoms with Crippen LogP contribution in [0.3, 0.4) is 0 Å². The van der Waals surface area contributed by atoms with Crippen LogP contribution in [0.25, 0.3) is 21.5 Å². The summed E-state index contributed by atoms with van der Waals surface area (Å²) in [7, 11) is 1.72. The summed E-state index contributed by atoms with van der Waals surface area (Å²) in [4.78, 5) is 15.0. The summed E-state index contributed by atoms with van der Waals surface area (Å²) in [6.07, 6.45) is 7.96. The molecule has 8 heteroatoms. The van der Waals surface area contributed by atoms with Gasteiger partial charge < -0.3 is 24.1 Å². The van der Waals surface area contributed by atoms with Crippen molar-refractivity contribution in [1.29, 1.82) is 0 Å². The van der Waals surface area contributed by atoms with Gasteiger partial charge in [0.05, 0.1) is 22.2 Å². The number of hydrogen-bond acceptors (Lipinski definition) is 4. The SMILES string of the molecule is Cn1ccc2c(OC3CC4(C3)CN(CCNc3cc5cn(Cc6ccccc6)cc5cc3F)C4)ccc(Cl)c2c1=O. The Hall–Kier alpha value is -3.81. The number of aromatic nitrogens is 2. The van der Waals surface area contributed by atoms with Crippen LogP contribution in [-0.4, -0.2) is 46.3 Å². The molecular weight excluding hydrogens is 539 g/mol. The van der Waals surface area contributed by atoms with E-state index in [0.29, 0.717) is 28.1 Å². The summed E-state index contributed by atoms with van der Waals surface area (Å²) in [5.41, 5.74) is 1.95. The lowest BCUT2D eigenvalue weighted by molar-refractivity contribution is -0.117. The third kappa shape index (κ3) is 4.98. The van der Waals surface area contributed by atoms with E-state index in [4.69, 9.17) is 16.3 Å². The van der Waals surface area contributed by atoms with Gasteiger partial charge in [-0.05, 0) is 48.7 Å².